The van der Waals surface area contributed by atoms with Gasteiger partial charge < -0.3 is 20.3 Å². The van der Waals surface area contributed by atoms with E-state index in [2.05, 4.69) is 20.8 Å². The van der Waals surface area contributed by atoms with Crippen LogP contribution in [0, 0.1) is 5.82 Å². The van der Waals surface area contributed by atoms with Crippen LogP contribution in [0.15, 0.2) is 54.6 Å². The number of unbranched alkanes of at least 4 members (excludes halogenated alkanes) is 1. The second-order valence-electron chi connectivity index (χ2n) is 8.63. The van der Waals surface area contributed by atoms with Crippen LogP contribution in [0.2, 0.25) is 0 Å². The van der Waals surface area contributed by atoms with Crippen LogP contribution in [-0.4, -0.2) is 60.7 Å². The topological polar surface area (TPSA) is 96.5 Å². The zero-order chi connectivity index (χ0) is 25.8. The van der Waals surface area contributed by atoms with Crippen molar-refractivity contribution in [3.63, 3.8) is 0 Å². The molecule has 0 saturated carbocycles. The smallest absolute Gasteiger partial charge is 0.246 e. The fourth-order valence-corrected chi connectivity index (χ4v) is 4.39. The van der Waals surface area contributed by atoms with Gasteiger partial charge >= 0.3 is 0 Å². The molecule has 1 atom stereocenters. The van der Waals surface area contributed by atoms with Crippen molar-refractivity contribution in [2.45, 2.75) is 31.9 Å². The molecule has 0 bridgehead atoms. The molecule has 10 heteroatoms. The third kappa shape index (κ3) is 9.44. The number of hydrogen-bond acceptors (Lipinski definition) is 7. The van der Waals surface area contributed by atoms with Crippen molar-refractivity contribution in [2.24, 2.45) is 0 Å². The molecule has 2 aromatic carbocycles. The van der Waals surface area contributed by atoms with E-state index in [4.69, 9.17) is 4.74 Å². The average molecular weight is 514 g/mol. The molecule has 2 amide bonds. The molecule has 0 spiro atoms. The number of nitrogens with zero attached hydrogens (tertiary/aromatic N) is 3. The van der Waals surface area contributed by atoms with Gasteiger partial charge in [-0.1, -0.05) is 53.8 Å². The van der Waals surface area contributed by atoms with Gasteiger partial charge in [0.15, 0.2) is 0 Å². The Balaban J connectivity index is 1.44. The van der Waals surface area contributed by atoms with Gasteiger partial charge in [-0.15, -0.1) is 10.2 Å². The number of halogens is 1. The Morgan fingerprint density at radius 2 is 1.78 bits per heavy atom. The van der Waals surface area contributed by atoms with Gasteiger partial charge in [-0.2, -0.15) is 0 Å². The SMILES string of the molecule is CN(C)CC(=O)N[C@@H](CCCCNC(=O)COCc1ccc(F)cc1)c1nnc(-c2ccccc2)s1. The molecule has 8 nitrogen and oxygen atoms in total. The van der Waals surface area contributed by atoms with E-state index in [0.717, 1.165) is 34.0 Å². The highest BCUT2D eigenvalue weighted by Gasteiger charge is 2.20. The molecule has 3 aromatic rings. The third-order valence-corrected chi connectivity index (χ3v) is 6.30. The molecule has 0 aliphatic heterocycles. The minimum Gasteiger partial charge on any atom is -0.367 e. The van der Waals surface area contributed by atoms with E-state index in [0.29, 0.717) is 13.0 Å². The molecule has 0 aliphatic rings. The first-order valence-electron chi connectivity index (χ1n) is 11.8. The molecule has 0 fully saturated rings. The number of hydrogen-bond donors (Lipinski definition) is 2. The van der Waals surface area contributed by atoms with Gasteiger partial charge in [-0.25, -0.2) is 4.39 Å². The number of rotatable bonds is 14. The van der Waals surface area contributed by atoms with Gasteiger partial charge in [0.1, 0.15) is 22.4 Å². The number of likely N-dealkylation sites (N-methyl/N-ethyl adjacent to an activating group) is 1. The van der Waals surface area contributed by atoms with Crippen molar-refractivity contribution < 1.29 is 18.7 Å². The number of ether oxygens (including phenoxy) is 1. The van der Waals surface area contributed by atoms with Crippen molar-refractivity contribution in [1.82, 2.24) is 25.7 Å². The Bertz CT molecular complexity index is 1090. The number of aromatic nitrogens is 2. The molecule has 0 unspecified atom stereocenters. The van der Waals surface area contributed by atoms with E-state index < -0.39 is 0 Å². The summed E-state index contributed by atoms with van der Waals surface area (Å²) in [5.41, 5.74) is 1.79. The lowest BCUT2D eigenvalue weighted by molar-refractivity contribution is -0.126. The van der Waals surface area contributed by atoms with E-state index in [1.165, 1.54) is 23.5 Å². The number of carbonyl (C=O) groups excluding carboxylic acids is 2. The lowest BCUT2D eigenvalue weighted by Crippen LogP contribution is -2.36. The summed E-state index contributed by atoms with van der Waals surface area (Å²) in [6.45, 7) is 0.972. The van der Waals surface area contributed by atoms with Crippen LogP contribution in [0.1, 0.15) is 35.9 Å². The maximum atomic E-state index is 12.9. The first-order valence-corrected chi connectivity index (χ1v) is 12.6. The van der Waals surface area contributed by atoms with Crippen LogP contribution >= 0.6 is 11.3 Å². The van der Waals surface area contributed by atoms with Crippen molar-refractivity contribution in [3.05, 3.63) is 71.0 Å². The van der Waals surface area contributed by atoms with Gasteiger partial charge in [0.25, 0.3) is 0 Å². The minimum atomic E-state index is -0.307. The molecular formula is C26H32FN5O3S. The van der Waals surface area contributed by atoms with Gasteiger partial charge in [0.2, 0.25) is 11.8 Å². The molecule has 3 rings (SSSR count). The summed E-state index contributed by atoms with van der Waals surface area (Å²) in [4.78, 5) is 26.3. The molecule has 1 aromatic heterocycles. The van der Waals surface area contributed by atoms with E-state index >= 15 is 0 Å². The lowest BCUT2D eigenvalue weighted by atomic mass is 10.1. The zero-order valence-corrected chi connectivity index (χ0v) is 21.4. The molecule has 0 radical (unpaired) electrons. The van der Waals surface area contributed by atoms with Crippen LogP contribution in [-0.2, 0) is 20.9 Å². The summed E-state index contributed by atoms with van der Waals surface area (Å²) in [7, 11) is 3.69. The summed E-state index contributed by atoms with van der Waals surface area (Å²) in [6.07, 6.45) is 2.21. The molecular weight excluding hydrogens is 481 g/mol. The van der Waals surface area contributed by atoms with Gasteiger partial charge in [0, 0.05) is 12.1 Å². The van der Waals surface area contributed by atoms with E-state index in [1.807, 2.05) is 49.3 Å². The van der Waals surface area contributed by atoms with Crippen molar-refractivity contribution >= 4 is 23.2 Å². The number of benzene rings is 2. The Hall–Kier alpha value is -3.21. The molecule has 2 N–H and O–H groups in total. The Kier molecular flexibility index (Phi) is 10.9. The highest BCUT2D eigenvalue weighted by Crippen LogP contribution is 2.29. The number of amides is 2. The van der Waals surface area contributed by atoms with Crippen LogP contribution in [0.3, 0.4) is 0 Å². The van der Waals surface area contributed by atoms with Gasteiger partial charge in [-0.3, -0.25) is 9.59 Å². The Morgan fingerprint density at radius 3 is 2.50 bits per heavy atom. The van der Waals surface area contributed by atoms with E-state index in [-0.39, 0.29) is 43.4 Å². The van der Waals surface area contributed by atoms with E-state index in [1.54, 1.807) is 12.1 Å². The highest BCUT2D eigenvalue weighted by molar-refractivity contribution is 7.14. The van der Waals surface area contributed by atoms with Crippen molar-refractivity contribution in [3.8, 4) is 10.6 Å². The van der Waals surface area contributed by atoms with Gasteiger partial charge in [-0.05, 0) is 51.1 Å². The Morgan fingerprint density at radius 1 is 1.03 bits per heavy atom. The molecule has 0 saturated heterocycles. The number of carbonyl (C=O) groups is 2. The maximum Gasteiger partial charge on any atom is 0.246 e. The predicted octanol–water partition coefficient (Wildman–Crippen LogP) is 3.57. The minimum absolute atomic E-state index is 0.0619. The average Bonchev–Trinajstić information content (AvgIpc) is 3.35. The normalized spacial score (nSPS) is 11.9. The van der Waals surface area contributed by atoms with Crippen LogP contribution in [0.5, 0.6) is 0 Å². The number of nitrogens with one attached hydrogen (secondary N) is 2. The zero-order valence-electron chi connectivity index (χ0n) is 20.6. The fourth-order valence-electron chi connectivity index (χ4n) is 3.45. The first kappa shape index (κ1) is 27.4. The summed E-state index contributed by atoms with van der Waals surface area (Å²) in [5, 5.41) is 16.2. The fraction of sp³-hybridized carbons (Fsp3) is 0.385. The second-order valence-corrected chi connectivity index (χ2v) is 9.64. The van der Waals surface area contributed by atoms with Crippen LogP contribution < -0.4 is 10.6 Å². The van der Waals surface area contributed by atoms with Crippen LogP contribution in [0.4, 0.5) is 4.39 Å². The summed E-state index contributed by atoms with van der Waals surface area (Å²) >= 11 is 1.47. The summed E-state index contributed by atoms with van der Waals surface area (Å²) < 4.78 is 18.3. The molecule has 1 heterocycles. The largest absolute Gasteiger partial charge is 0.367 e. The quantitative estimate of drug-likeness (QED) is 0.320. The predicted molar refractivity (Wildman–Crippen MR) is 138 cm³/mol. The van der Waals surface area contributed by atoms with Crippen molar-refractivity contribution in [1.29, 1.82) is 0 Å². The van der Waals surface area contributed by atoms with Crippen LogP contribution in [0.25, 0.3) is 10.6 Å². The standard InChI is InChI=1S/C26H32FN5O3S/c1-32(2)16-23(33)29-22(26-31-30-25(36-26)20-8-4-3-5-9-20)10-6-7-15-28-24(34)18-35-17-19-11-13-21(27)14-12-19/h3-5,8-9,11-14,22H,6-7,10,15-18H2,1-2H3,(H,28,34)(H,29,33)/t22-/m0/s1. The van der Waals surface area contributed by atoms with E-state index in [9.17, 15) is 14.0 Å². The summed E-state index contributed by atoms with van der Waals surface area (Å²) in [5.74, 6) is -0.587. The van der Waals surface area contributed by atoms with Crippen molar-refractivity contribution in [2.75, 3.05) is 33.8 Å². The second kappa shape index (κ2) is 14.4. The molecule has 0 aliphatic carbocycles. The summed E-state index contributed by atoms with van der Waals surface area (Å²) in [6, 6.07) is 15.5. The highest BCUT2D eigenvalue weighted by atomic mass is 32.1. The van der Waals surface area contributed by atoms with Gasteiger partial charge in [0.05, 0.1) is 19.2 Å². The molecule has 36 heavy (non-hydrogen) atoms. The third-order valence-electron chi connectivity index (χ3n) is 5.21. The monoisotopic (exact) mass is 513 g/mol. The molecule has 192 valence electrons. The lowest BCUT2D eigenvalue weighted by Gasteiger charge is -2.18. The first-order chi connectivity index (χ1) is 17.4. The Labute approximate surface area is 214 Å². The maximum absolute atomic E-state index is 12.9.